The first-order valence-electron chi connectivity index (χ1n) is 10.5. The van der Waals surface area contributed by atoms with Gasteiger partial charge in [-0.15, -0.1) is 23.4 Å². The van der Waals surface area contributed by atoms with Gasteiger partial charge in [-0.3, -0.25) is 4.79 Å². The molecular weight excluding hydrogens is 503 g/mol. The summed E-state index contributed by atoms with van der Waals surface area (Å²) < 4.78 is 42.8. The summed E-state index contributed by atoms with van der Waals surface area (Å²) >= 11 is 2.75. The van der Waals surface area contributed by atoms with Crippen LogP contribution in [0.3, 0.4) is 0 Å². The molecule has 1 amide bonds. The number of pyridine rings is 1. The third kappa shape index (κ3) is 5.77. The first-order valence-corrected chi connectivity index (χ1v) is 12.2. The Hall–Kier alpha value is -3.52. The van der Waals surface area contributed by atoms with Crippen molar-refractivity contribution < 1.29 is 22.7 Å². The number of anilines is 3. The van der Waals surface area contributed by atoms with Crippen molar-refractivity contribution in [3.05, 3.63) is 48.2 Å². The maximum absolute atomic E-state index is 12.6. The third-order valence-electron chi connectivity index (χ3n) is 5.16. The van der Waals surface area contributed by atoms with E-state index in [0.29, 0.717) is 5.13 Å². The summed E-state index contributed by atoms with van der Waals surface area (Å²) in [7, 11) is 0. The number of rotatable bonds is 7. The smallest absolute Gasteiger partial charge is 0.405 e. The second-order valence-electron chi connectivity index (χ2n) is 7.69. The Bertz CT molecular complexity index is 1310. The van der Waals surface area contributed by atoms with E-state index >= 15 is 0 Å². The molecule has 1 aliphatic heterocycles. The van der Waals surface area contributed by atoms with Crippen LogP contribution in [0.5, 0.6) is 5.75 Å². The van der Waals surface area contributed by atoms with E-state index in [1.807, 2.05) is 12.1 Å². The average molecular weight is 522 g/mol. The molecule has 0 saturated carbocycles. The predicted molar refractivity (Wildman–Crippen MR) is 127 cm³/mol. The van der Waals surface area contributed by atoms with E-state index in [0.717, 1.165) is 46.3 Å². The molecule has 0 radical (unpaired) electrons. The summed E-state index contributed by atoms with van der Waals surface area (Å²) in [6.45, 7) is 1.57. The number of para-hydroxylation sites is 1. The van der Waals surface area contributed by atoms with E-state index in [4.69, 9.17) is 0 Å². The molecule has 0 unspecified atom stereocenters. The van der Waals surface area contributed by atoms with Gasteiger partial charge in [0.15, 0.2) is 10.8 Å². The number of amides is 1. The van der Waals surface area contributed by atoms with Crippen LogP contribution in [-0.2, 0) is 11.2 Å². The van der Waals surface area contributed by atoms with Crippen LogP contribution in [0.15, 0.2) is 42.6 Å². The Morgan fingerprint density at radius 1 is 1.14 bits per heavy atom. The first-order chi connectivity index (χ1) is 16.8. The maximum Gasteiger partial charge on any atom is 0.573 e. The van der Waals surface area contributed by atoms with E-state index in [1.165, 1.54) is 24.3 Å². The van der Waals surface area contributed by atoms with Crippen molar-refractivity contribution >= 4 is 54.3 Å². The van der Waals surface area contributed by atoms with Crippen molar-refractivity contribution in [3.63, 3.8) is 0 Å². The van der Waals surface area contributed by atoms with Crippen LogP contribution < -0.4 is 20.3 Å². The number of hydrogen-bond acceptors (Lipinski definition) is 10. The molecule has 5 rings (SSSR count). The van der Waals surface area contributed by atoms with Gasteiger partial charge < -0.3 is 20.3 Å². The number of carbonyl (C=O) groups excluding carboxylic acids is 1. The standard InChI is InChI=1S/C21H18F3N7O2S2/c22-21(23,24)33-14-5-2-1-4-12(14)10-16(32)27-19-30-29-18(35-19)26-13-7-9-31(11-13)20-28-17-15(34-20)6-3-8-25-17/h1-6,8,13H,7,9-11H2,(H,26,29)(H,27,30,32)/t13-/m1/s1. The summed E-state index contributed by atoms with van der Waals surface area (Å²) in [5.41, 5.74) is 0.849. The molecular formula is C21H18F3N7O2S2. The van der Waals surface area contributed by atoms with Gasteiger partial charge in [0, 0.05) is 30.9 Å². The lowest BCUT2D eigenvalue weighted by molar-refractivity contribution is -0.274. The Labute approximate surface area is 205 Å². The van der Waals surface area contributed by atoms with Crippen LogP contribution in [0.4, 0.5) is 28.6 Å². The van der Waals surface area contributed by atoms with E-state index in [-0.39, 0.29) is 23.2 Å². The molecule has 0 bridgehead atoms. The third-order valence-corrected chi connectivity index (χ3v) is 7.00. The summed E-state index contributed by atoms with van der Waals surface area (Å²) in [5, 5.41) is 15.6. The average Bonchev–Trinajstić information content (AvgIpc) is 3.54. The minimum atomic E-state index is -4.84. The number of hydrogen-bond donors (Lipinski definition) is 2. The number of aromatic nitrogens is 4. The molecule has 182 valence electrons. The maximum atomic E-state index is 12.6. The van der Waals surface area contributed by atoms with Gasteiger partial charge in [-0.05, 0) is 24.6 Å². The topological polar surface area (TPSA) is 105 Å². The number of alkyl halides is 3. The van der Waals surface area contributed by atoms with Crippen LogP contribution in [0, 0.1) is 0 Å². The minimum Gasteiger partial charge on any atom is -0.405 e. The zero-order valence-electron chi connectivity index (χ0n) is 18.0. The SMILES string of the molecule is O=C(Cc1ccccc1OC(F)(F)F)Nc1nnc(N[C@@H]2CCN(c3nc4ncccc4s3)C2)s1. The number of nitrogens with zero attached hydrogens (tertiary/aromatic N) is 5. The van der Waals surface area contributed by atoms with E-state index in [9.17, 15) is 18.0 Å². The van der Waals surface area contributed by atoms with Gasteiger partial charge >= 0.3 is 6.36 Å². The van der Waals surface area contributed by atoms with Crippen LogP contribution in [-0.4, -0.2) is 51.6 Å². The second kappa shape index (κ2) is 9.62. The van der Waals surface area contributed by atoms with E-state index < -0.39 is 18.0 Å². The highest BCUT2D eigenvalue weighted by Gasteiger charge is 2.32. The van der Waals surface area contributed by atoms with E-state index in [1.54, 1.807) is 17.5 Å². The molecule has 9 nitrogen and oxygen atoms in total. The molecule has 1 aliphatic rings. The van der Waals surface area contributed by atoms with Crippen LogP contribution in [0.25, 0.3) is 10.3 Å². The van der Waals surface area contributed by atoms with Crippen molar-refractivity contribution in [3.8, 4) is 5.75 Å². The fraction of sp³-hybridized carbons (Fsp3) is 0.286. The number of fused-ring (bicyclic) bond motifs is 1. The largest absolute Gasteiger partial charge is 0.573 e. The Balaban J connectivity index is 1.16. The highest BCUT2D eigenvalue weighted by atomic mass is 32.1. The first kappa shape index (κ1) is 23.2. The summed E-state index contributed by atoms with van der Waals surface area (Å²) in [5.74, 6) is -0.938. The van der Waals surface area contributed by atoms with Gasteiger partial charge in [0.2, 0.25) is 16.2 Å². The van der Waals surface area contributed by atoms with Gasteiger partial charge in [-0.2, -0.15) is 4.98 Å². The monoisotopic (exact) mass is 521 g/mol. The molecule has 35 heavy (non-hydrogen) atoms. The Morgan fingerprint density at radius 3 is 2.80 bits per heavy atom. The molecule has 1 aromatic carbocycles. The predicted octanol–water partition coefficient (Wildman–Crippen LogP) is 4.31. The lowest BCUT2D eigenvalue weighted by atomic mass is 10.1. The number of benzene rings is 1. The van der Waals surface area contributed by atoms with Crippen LogP contribution >= 0.6 is 22.7 Å². The summed E-state index contributed by atoms with van der Waals surface area (Å²) in [6, 6.07) is 9.52. The van der Waals surface area contributed by atoms with Gasteiger partial charge in [0.05, 0.1) is 11.1 Å². The summed E-state index contributed by atoms with van der Waals surface area (Å²) in [6.07, 6.45) is -2.54. The molecule has 1 saturated heterocycles. The molecule has 4 heterocycles. The lowest BCUT2D eigenvalue weighted by Gasteiger charge is -2.14. The molecule has 2 N–H and O–H groups in total. The molecule has 0 aliphatic carbocycles. The highest BCUT2D eigenvalue weighted by Crippen LogP contribution is 2.31. The van der Waals surface area contributed by atoms with E-state index in [2.05, 4.69) is 40.4 Å². The number of halogens is 3. The molecule has 4 aromatic rings. The van der Waals surface area contributed by atoms with Gasteiger partial charge in [0.1, 0.15) is 5.75 Å². The number of ether oxygens (including phenoxy) is 1. The number of carbonyl (C=O) groups is 1. The zero-order chi connectivity index (χ0) is 24.4. The van der Waals surface area contributed by atoms with Gasteiger partial charge in [-0.25, -0.2) is 4.98 Å². The zero-order valence-corrected chi connectivity index (χ0v) is 19.6. The Kier molecular flexibility index (Phi) is 6.38. The molecule has 3 aromatic heterocycles. The van der Waals surface area contributed by atoms with Crippen molar-refractivity contribution in [1.29, 1.82) is 0 Å². The van der Waals surface area contributed by atoms with Crippen molar-refractivity contribution in [1.82, 2.24) is 20.2 Å². The lowest BCUT2D eigenvalue weighted by Crippen LogP contribution is -2.25. The van der Waals surface area contributed by atoms with Crippen molar-refractivity contribution in [2.75, 3.05) is 28.6 Å². The normalized spacial score (nSPS) is 16.0. The number of nitrogens with one attached hydrogen (secondary N) is 2. The van der Waals surface area contributed by atoms with Crippen molar-refractivity contribution in [2.45, 2.75) is 25.2 Å². The fourth-order valence-corrected chi connectivity index (χ4v) is 5.36. The molecule has 0 spiro atoms. The van der Waals surface area contributed by atoms with Crippen LogP contribution in [0.2, 0.25) is 0 Å². The second-order valence-corrected chi connectivity index (χ2v) is 9.68. The summed E-state index contributed by atoms with van der Waals surface area (Å²) in [4.78, 5) is 23.4. The fourth-order valence-electron chi connectivity index (χ4n) is 3.66. The Morgan fingerprint density at radius 2 is 1.97 bits per heavy atom. The highest BCUT2D eigenvalue weighted by molar-refractivity contribution is 7.22. The minimum absolute atomic E-state index is 0.112. The quantitative estimate of drug-likeness (QED) is 0.371. The molecule has 1 atom stereocenters. The number of thiazole rings is 1. The van der Waals surface area contributed by atoms with Crippen molar-refractivity contribution in [2.24, 2.45) is 0 Å². The molecule has 14 heteroatoms. The molecule has 1 fully saturated rings. The van der Waals surface area contributed by atoms with Gasteiger partial charge in [-0.1, -0.05) is 40.9 Å². The van der Waals surface area contributed by atoms with Gasteiger partial charge in [0.25, 0.3) is 0 Å². The van der Waals surface area contributed by atoms with Crippen LogP contribution in [0.1, 0.15) is 12.0 Å².